The minimum Gasteiger partial charge on any atom is -0.350 e. The maximum absolute atomic E-state index is 10.6. The fraction of sp³-hybridized carbons (Fsp3) is 0. The number of nitrogens with zero attached hydrogens (tertiary/aromatic N) is 2. The second kappa shape index (κ2) is 7.79. The summed E-state index contributed by atoms with van der Waals surface area (Å²) in [6.07, 6.45) is 1.55. The summed E-state index contributed by atoms with van der Waals surface area (Å²) in [5, 5.41) is 3.77. The number of anilines is 3. The van der Waals surface area contributed by atoms with E-state index in [1.807, 2.05) is 60.7 Å². The number of hydrogen-bond donors (Lipinski definition) is 2. The topological polar surface area (TPSA) is 70.7 Å². The average molecular weight is 330 g/mol. The number of carbonyl (C=O) groups excluding carboxylic acids is 1. The summed E-state index contributed by atoms with van der Waals surface area (Å²) in [6, 6.07) is 27.5. The lowest BCUT2D eigenvalue weighted by atomic mass is 10.1. The predicted molar refractivity (Wildman–Crippen MR) is 101 cm³/mol. The van der Waals surface area contributed by atoms with Crippen LogP contribution in [0.3, 0.4) is 0 Å². The Hall–Kier alpha value is -3.60. The van der Waals surface area contributed by atoms with Gasteiger partial charge in [-0.05, 0) is 42.0 Å². The lowest BCUT2D eigenvalue weighted by Gasteiger charge is -2.25. The van der Waals surface area contributed by atoms with E-state index < -0.39 is 6.03 Å². The zero-order valence-corrected chi connectivity index (χ0v) is 13.5. The van der Waals surface area contributed by atoms with Gasteiger partial charge in [-0.2, -0.15) is 5.10 Å². The normalized spacial score (nSPS) is 10.6. The fourth-order valence-corrected chi connectivity index (χ4v) is 2.48. The van der Waals surface area contributed by atoms with Crippen LogP contribution in [-0.4, -0.2) is 12.2 Å². The molecule has 0 aromatic heterocycles. The Balaban J connectivity index is 1.92. The number of rotatable bonds is 5. The highest BCUT2D eigenvalue weighted by Crippen LogP contribution is 2.33. The number of carbonyl (C=O) groups is 1. The molecule has 3 aromatic rings. The number of para-hydroxylation sites is 2. The Kier molecular flexibility index (Phi) is 5.07. The van der Waals surface area contributed by atoms with Crippen molar-refractivity contribution >= 4 is 29.3 Å². The molecule has 3 aromatic carbocycles. The van der Waals surface area contributed by atoms with E-state index in [1.165, 1.54) is 0 Å². The van der Waals surface area contributed by atoms with Crippen LogP contribution in [0.2, 0.25) is 0 Å². The Morgan fingerprint density at radius 2 is 1.28 bits per heavy atom. The molecule has 0 aliphatic carbocycles. The van der Waals surface area contributed by atoms with Crippen LogP contribution in [-0.2, 0) is 0 Å². The van der Waals surface area contributed by atoms with Crippen molar-refractivity contribution in [3.05, 3.63) is 90.5 Å². The molecule has 124 valence electrons. The largest absolute Gasteiger partial charge is 0.350 e. The first-order chi connectivity index (χ1) is 12.2. The molecule has 0 atom stereocenters. The molecule has 3 N–H and O–H groups in total. The molecule has 0 saturated heterocycles. The van der Waals surface area contributed by atoms with Crippen LogP contribution in [0.15, 0.2) is 90.0 Å². The Morgan fingerprint density at radius 1 is 0.800 bits per heavy atom. The maximum atomic E-state index is 10.6. The number of hydrazone groups is 1. The number of amides is 2. The van der Waals surface area contributed by atoms with E-state index >= 15 is 0 Å². The van der Waals surface area contributed by atoms with Crippen LogP contribution in [0.4, 0.5) is 21.9 Å². The maximum Gasteiger partial charge on any atom is 0.332 e. The van der Waals surface area contributed by atoms with Gasteiger partial charge >= 0.3 is 6.03 Å². The quantitative estimate of drug-likeness (QED) is 0.545. The highest BCUT2D eigenvalue weighted by atomic mass is 16.2. The van der Waals surface area contributed by atoms with Gasteiger partial charge in [0.1, 0.15) is 0 Å². The Labute approximate surface area is 146 Å². The highest BCUT2D eigenvalue weighted by molar-refractivity contribution is 5.83. The van der Waals surface area contributed by atoms with E-state index in [1.54, 1.807) is 6.21 Å². The van der Waals surface area contributed by atoms with Crippen molar-refractivity contribution in [1.82, 2.24) is 5.43 Å². The van der Waals surface area contributed by atoms with Crippen LogP contribution in [0.1, 0.15) is 5.56 Å². The molecule has 0 aliphatic rings. The van der Waals surface area contributed by atoms with E-state index in [4.69, 9.17) is 5.73 Å². The zero-order chi connectivity index (χ0) is 17.5. The van der Waals surface area contributed by atoms with E-state index in [0.717, 1.165) is 22.6 Å². The number of hydrogen-bond acceptors (Lipinski definition) is 3. The van der Waals surface area contributed by atoms with Gasteiger partial charge in [-0.25, -0.2) is 10.2 Å². The summed E-state index contributed by atoms with van der Waals surface area (Å²) in [7, 11) is 0. The molecule has 2 amide bonds. The highest BCUT2D eigenvalue weighted by Gasteiger charge is 2.11. The minimum absolute atomic E-state index is 0.688. The molecular formula is C20H18N4O. The molecule has 0 heterocycles. The predicted octanol–water partition coefficient (Wildman–Crippen LogP) is 4.16. The summed E-state index contributed by atoms with van der Waals surface area (Å²) in [4.78, 5) is 12.8. The molecule has 25 heavy (non-hydrogen) atoms. The third-order valence-corrected chi connectivity index (χ3v) is 3.57. The number of nitrogens with one attached hydrogen (secondary N) is 1. The fourth-order valence-electron chi connectivity index (χ4n) is 2.48. The molecule has 5 nitrogen and oxygen atoms in total. The van der Waals surface area contributed by atoms with Gasteiger partial charge in [-0.1, -0.05) is 48.5 Å². The second-order valence-electron chi connectivity index (χ2n) is 5.33. The molecular weight excluding hydrogens is 312 g/mol. The van der Waals surface area contributed by atoms with E-state index in [0.29, 0.717) is 0 Å². The molecule has 0 radical (unpaired) electrons. The molecule has 3 rings (SSSR count). The van der Waals surface area contributed by atoms with Crippen LogP contribution in [0, 0.1) is 0 Å². The van der Waals surface area contributed by atoms with E-state index in [9.17, 15) is 4.79 Å². The first kappa shape index (κ1) is 16.3. The lowest BCUT2D eigenvalue weighted by molar-refractivity contribution is 0.249. The van der Waals surface area contributed by atoms with Gasteiger partial charge in [-0.15, -0.1) is 0 Å². The van der Waals surface area contributed by atoms with Crippen molar-refractivity contribution in [1.29, 1.82) is 0 Å². The number of nitrogens with two attached hydrogens (primary N) is 1. The summed E-state index contributed by atoms with van der Waals surface area (Å²) in [5.41, 5.74) is 11.2. The van der Waals surface area contributed by atoms with E-state index in [2.05, 4.69) is 39.7 Å². The third-order valence-electron chi connectivity index (χ3n) is 3.57. The van der Waals surface area contributed by atoms with Crippen molar-refractivity contribution in [3.63, 3.8) is 0 Å². The van der Waals surface area contributed by atoms with Crippen LogP contribution >= 0.6 is 0 Å². The number of urea groups is 1. The lowest BCUT2D eigenvalue weighted by Crippen LogP contribution is -2.24. The molecule has 0 spiro atoms. The van der Waals surface area contributed by atoms with Gasteiger partial charge in [0.15, 0.2) is 0 Å². The van der Waals surface area contributed by atoms with Crippen molar-refractivity contribution in [2.75, 3.05) is 4.90 Å². The van der Waals surface area contributed by atoms with Crippen molar-refractivity contribution < 1.29 is 4.79 Å². The summed E-state index contributed by atoms with van der Waals surface area (Å²) in [5.74, 6) is 0. The zero-order valence-electron chi connectivity index (χ0n) is 13.5. The molecule has 0 fully saturated rings. The standard InChI is InChI=1S/C20H18N4O/c21-20(25)23-22-15-16-11-13-19(14-12-16)24(17-7-3-1-4-8-17)18-9-5-2-6-10-18/h1-15H,(H3,21,23,25). The summed E-state index contributed by atoms with van der Waals surface area (Å²) < 4.78 is 0. The van der Waals surface area contributed by atoms with Crippen LogP contribution in [0.5, 0.6) is 0 Å². The second-order valence-corrected chi connectivity index (χ2v) is 5.33. The molecule has 0 saturated carbocycles. The average Bonchev–Trinajstić information content (AvgIpc) is 2.65. The molecule has 0 unspecified atom stereocenters. The van der Waals surface area contributed by atoms with Crippen molar-refractivity contribution in [3.8, 4) is 0 Å². The number of benzene rings is 3. The summed E-state index contributed by atoms with van der Waals surface area (Å²) in [6.45, 7) is 0. The third kappa shape index (κ3) is 4.23. The van der Waals surface area contributed by atoms with E-state index in [-0.39, 0.29) is 0 Å². The van der Waals surface area contributed by atoms with Crippen molar-refractivity contribution in [2.24, 2.45) is 10.8 Å². The minimum atomic E-state index is -0.688. The first-order valence-corrected chi connectivity index (χ1v) is 7.83. The Bertz CT molecular complexity index is 806. The van der Waals surface area contributed by atoms with Gasteiger partial charge in [0.25, 0.3) is 0 Å². The van der Waals surface area contributed by atoms with Gasteiger partial charge < -0.3 is 10.6 Å². The summed E-state index contributed by atoms with van der Waals surface area (Å²) >= 11 is 0. The van der Waals surface area contributed by atoms with Crippen LogP contribution < -0.4 is 16.1 Å². The van der Waals surface area contributed by atoms with Gasteiger partial charge in [0, 0.05) is 17.1 Å². The molecule has 0 aliphatic heterocycles. The molecule has 0 bridgehead atoms. The smallest absolute Gasteiger partial charge is 0.332 e. The SMILES string of the molecule is NC(=O)NN=Cc1ccc(N(c2ccccc2)c2ccccc2)cc1. The molecule has 5 heteroatoms. The Morgan fingerprint density at radius 3 is 1.76 bits per heavy atom. The van der Waals surface area contributed by atoms with Gasteiger partial charge in [-0.3, -0.25) is 0 Å². The van der Waals surface area contributed by atoms with Crippen molar-refractivity contribution in [2.45, 2.75) is 0 Å². The number of primary amides is 1. The van der Waals surface area contributed by atoms with Gasteiger partial charge in [0.05, 0.1) is 6.21 Å². The van der Waals surface area contributed by atoms with Crippen LogP contribution in [0.25, 0.3) is 0 Å². The first-order valence-electron chi connectivity index (χ1n) is 7.83. The van der Waals surface area contributed by atoms with Gasteiger partial charge in [0.2, 0.25) is 0 Å². The monoisotopic (exact) mass is 330 g/mol.